The van der Waals surface area contributed by atoms with Crippen LogP contribution in [-0.4, -0.2) is 13.2 Å². The van der Waals surface area contributed by atoms with Crippen molar-refractivity contribution in [1.82, 2.24) is 0 Å². The molecule has 2 nitrogen and oxygen atoms in total. The number of hydrogen-bond acceptors (Lipinski definition) is 2. The van der Waals surface area contributed by atoms with Crippen molar-refractivity contribution in [3.05, 3.63) is 59.9 Å². The second kappa shape index (κ2) is 5.77. The van der Waals surface area contributed by atoms with Gasteiger partial charge in [0.2, 0.25) is 0 Å². The van der Waals surface area contributed by atoms with E-state index in [1.807, 2.05) is 0 Å². The first-order chi connectivity index (χ1) is 9.48. The van der Waals surface area contributed by atoms with Crippen LogP contribution in [0, 0.1) is 5.82 Å². The highest BCUT2D eigenvalue weighted by molar-refractivity contribution is 6.74. The van der Waals surface area contributed by atoms with E-state index in [1.54, 1.807) is 30.3 Å². The van der Waals surface area contributed by atoms with Gasteiger partial charge in [0.1, 0.15) is 5.82 Å². The Labute approximate surface area is 113 Å². The predicted octanol–water partition coefficient (Wildman–Crippen LogP) is 3.33. The van der Waals surface area contributed by atoms with E-state index < -0.39 is 23.8 Å². The summed E-state index contributed by atoms with van der Waals surface area (Å²) in [6.07, 6.45) is 0.840. The van der Waals surface area contributed by atoms with Crippen LogP contribution in [0.3, 0.4) is 0 Å². The lowest BCUT2D eigenvalue weighted by molar-refractivity contribution is 0.500. The normalized spacial score (nSPS) is 11.8. The van der Waals surface area contributed by atoms with E-state index in [1.165, 1.54) is 0 Å². The number of hydrogen-bond donors (Lipinski definition) is 1. The van der Waals surface area contributed by atoms with Gasteiger partial charge in [0.15, 0.2) is 0 Å². The van der Waals surface area contributed by atoms with Gasteiger partial charge in [0.25, 0.3) is 0 Å². The fourth-order valence-electron chi connectivity index (χ4n) is 1.66. The molecule has 1 N–H and O–H groups in total. The number of halogens is 4. The van der Waals surface area contributed by atoms with Gasteiger partial charge in [-0.25, -0.2) is 4.39 Å². The van der Waals surface area contributed by atoms with E-state index in [4.69, 9.17) is 0 Å². The fourth-order valence-corrected chi connectivity index (χ4v) is 1.66. The minimum absolute atomic E-state index is 0.566. The Morgan fingerprint density at radius 1 is 0.950 bits per heavy atom. The lowest BCUT2D eigenvalue weighted by Gasteiger charge is -2.17. The van der Waals surface area contributed by atoms with Crippen LogP contribution in [0.2, 0.25) is 0 Å². The number of hydrazone groups is 1. The van der Waals surface area contributed by atoms with E-state index in [2.05, 4.69) is 10.5 Å². The molecule has 0 aromatic heterocycles. The molecule has 0 heterocycles. The lowest BCUT2D eigenvalue weighted by Crippen LogP contribution is -2.37. The molecule has 0 radical (unpaired) electrons. The maximum absolute atomic E-state index is 13.5. The molecule has 0 spiro atoms. The Bertz CT molecular complexity index is 612. The van der Waals surface area contributed by atoms with Crippen LogP contribution in [0.5, 0.6) is 0 Å². The molecule has 0 atom stereocenters. The van der Waals surface area contributed by atoms with Gasteiger partial charge in [-0.1, -0.05) is 35.8 Å². The Kier molecular flexibility index (Phi) is 4.07. The molecule has 2 rings (SSSR count). The second-order valence-corrected chi connectivity index (χ2v) is 4.05. The van der Waals surface area contributed by atoms with Crippen LogP contribution in [0.15, 0.2) is 53.6 Å². The summed E-state index contributed by atoms with van der Waals surface area (Å²) >= 11 is 0. The maximum atomic E-state index is 13.5. The van der Waals surface area contributed by atoms with Gasteiger partial charge < -0.3 is 12.9 Å². The summed E-state index contributed by atoms with van der Waals surface area (Å²) in [6, 6.07) is 11.5. The zero-order valence-corrected chi connectivity index (χ0v) is 10.2. The average molecular weight is 281 g/mol. The molecule has 2 aromatic carbocycles. The predicted molar refractivity (Wildman–Crippen MR) is 72.8 cm³/mol. The molecular weight excluding hydrogens is 271 g/mol. The van der Waals surface area contributed by atoms with Gasteiger partial charge in [-0.15, -0.1) is 0 Å². The number of nitrogens with one attached hydrogen (secondary N) is 1. The third-order valence-corrected chi connectivity index (χ3v) is 2.60. The number of benzene rings is 2. The molecule has 0 fully saturated rings. The zero-order valence-electron chi connectivity index (χ0n) is 10.2. The highest BCUT2D eigenvalue weighted by Crippen LogP contribution is 2.13. The van der Waals surface area contributed by atoms with E-state index >= 15 is 0 Å². The van der Waals surface area contributed by atoms with Crippen LogP contribution in [0.25, 0.3) is 0 Å². The van der Waals surface area contributed by atoms with Crippen LogP contribution in [0.4, 0.5) is 23.0 Å². The maximum Gasteiger partial charge on any atom is 0.510 e. The molecule has 0 aliphatic carbocycles. The summed E-state index contributed by atoms with van der Waals surface area (Å²) in [5, 5.41) is 3.64. The molecule has 7 heteroatoms. The summed E-state index contributed by atoms with van der Waals surface area (Å²) in [4.78, 5) is 0. The molecule has 0 unspecified atom stereocenters. The Morgan fingerprint density at radius 3 is 2.30 bits per heavy atom. The standard InChI is InChI=1S/C13H10BF4N2/c15-13-8-4-7-12(14(16,17)18)11(13)9-19-20-10-5-2-1-3-6-10/h1-9,20H/q-1. The monoisotopic (exact) mass is 281 g/mol. The first-order valence-corrected chi connectivity index (χ1v) is 5.81. The van der Waals surface area contributed by atoms with Gasteiger partial charge in [-0.05, 0) is 18.2 Å². The minimum Gasteiger partial charge on any atom is -0.445 e. The Hall–Kier alpha value is -2.31. The third-order valence-electron chi connectivity index (χ3n) is 2.60. The van der Waals surface area contributed by atoms with Crippen LogP contribution >= 0.6 is 0 Å². The summed E-state index contributed by atoms with van der Waals surface area (Å²) < 4.78 is 51.9. The van der Waals surface area contributed by atoms with Gasteiger partial charge in [-0.3, -0.25) is 5.43 Å². The van der Waals surface area contributed by atoms with Gasteiger partial charge in [-0.2, -0.15) is 5.10 Å². The molecule has 0 amide bonds. The van der Waals surface area contributed by atoms with Gasteiger partial charge >= 0.3 is 6.98 Å². The van der Waals surface area contributed by atoms with Gasteiger partial charge in [0.05, 0.1) is 11.9 Å². The van der Waals surface area contributed by atoms with Gasteiger partial charge in [0, 0.05) is 5.56 Å². The number of anilines is 1. The van der Waals surface area contributed by atoms with Crippen LogP contribution in [0.1, 0.15) is 5.56 Å². The van der Waals surface area contributed by atoms with E-state index in [9.17, 15) is 17.3 Å². The minimum atomic E-state index is -5.29. The summed E-state index contributed by atoms with van der Waals surface area (Å²) in [5.41, 5.74) is 1.57. The number of nitrogens with zero attached hydrogens (tertiary/aromatic N) is 1. The summed E-state index contributed by atoms with van der Waals surface area (Å²) in [5.74, 6) is -0.958. The van der Waals surface area contributed by atoms with E-state index in [-0.39, 0.29) is 0 Å². The Balaban J connectivity index is 2.25. The zero-order chi connectivity index (χ0) is 14.6. The topological polar surface area (TPSA) is 24.4 Å². The first kappa shape index (κ1) is 14.1. The van der Waals surface area contributed by atoms with Crippen molar-refractivity contribution in [3.63, 3.8) is 0 Å². The van der Waals surface area contributed by atoms with Crippen molar-refractivity contribution in [2.24, 2.45) is 5.10 Å². The van der Waals surface area contributed by atoms with Crippen LogP contribution < -0.4 is 10.9 Å². The van der Waals surface area contributed by atoms with E-state index in [0.29, 0.717) is 5.69 Å². The largest absolute Gasteiger partial charge is 0.510 e. The van der Waals surface area contributed by atoms with Crippen LogP contribution in [-0.2, 0) is 0 Å². The quantitative estimate of drug-likeness (QED) is 0.395. The van der Waals surface area contributed by atoms with Crippen molar-refractivity contribution < 1.29 is 17.3 Å². The van der Waals surface area contributed by atoms with Crippen molar-refractivity contribution in [1.29, 1.82) is 0 Å². The average Bonchev–Trinajstić information content (AvgIpc) is 2.40. The SMILES string of the molecule is Fc1cccc([B-](F)(F)F)c1C=NNc1ccccc1. The summed E-state index contributed by atoms with van der Waals surface area (Å²) in [7, 11) is 0. The molecule has 2 aromatic rings. The second-order valence-electron chi connectivity index (χ2n) is 4.05. The molecule has 0 aliphatic heterocycles. The summed E-state index contributed by atoms with van der Waals surface area (Å²) in [6.45, 7) is -5.29. The molecule has 20 heavy (non-hydrogen) atoms. The number of rotatable bonds is 4. The number of para-hydroxylation sites is 1. The molecular formula is C13H10BF4N2-. The first-order valence-electron chi connectivity index (χ1n) is 5.81. The highest BCUT2D eigenvalue weighted by atomic mass is 19.4. The van der Waals surface area contributed by atoms with Crippen molar-refractivity contribution in [2.45, 2.75) is 0 Å². The smallest absolute Gasteiger partial charge is 0.445 e. The molecule has 0 saturated heterocycles. The molecule has 0 saturated carbocycles. The van der Waals surface area contributed by atoms with Crippen molar-refractivity contribution in [3.8, 4) is 0 Å². The molecule has 104 valence electrons. The molecule has 0 bridgehead atoms. The van der Waals surface area contributed by atoms with E-state index in [0.717, 1.165) is 24.4 Å². The Morgan fingerprint density at radius 2 is 1.65 bits per heavy atom. The molecule has 0 aliphatic rings. The highest BCUT2D eigenvalue weighted by Gasteiger charge is 2.28. The lowest BCUT2D eigenvalue weighted by atomic mass is 9.77. The fraction of sp³-hybridized carbons (Fsp3) is 0. The third kappa shape index (κ3) is 3.37. The van der Waals surface area contributed by atoms with Crippen molar-refractivity contribution in [2.75, 3.05) is 5.43 Å². The van der Waals surface area contributed by atoms with Crippen molar-refractivity contribution >= 4 is 24.3 Å².